The first-order chi connectivity index (χ1) is 15.3. The van der Waals surface area contributed by atoms with Crippen molar-refractivity contribution in [2.24, 2.45) is 13.0 Å². The van der Waals surface area contributed by atoms with Crippen LogP contribution in [0, 0.1) is 12.8 Å². The SMILES string of the molecule is CNc1ncc2c(n1)-c1c(ncn1[C@H]1CCN(S(=O)(=O)c3ncn(C)c3C)C[C@H]1C)CC2. The zero-order valence-electron chi connectivity index (χ0n) is 18.8. The lowest BCUT2D eigenvalue weighted by Gasteiger charge is -2.37. The highest BCUT2D eigenvalue weighted by Crippen LogP contribution is 2.38. The smallest absolute Gasteiger partial charge is 0.262 e. The predicted molar refractivity (Wildman–Crippen MR) is 120 cm³/mol. The van der Waals surface area contributed by atoms with E-state index in [1.807, 2.05) is 19.6 Å². The second-order valence-electron chi connectivity index (χ2n) is 8.71. The van der Waals surface area contributed by atoms with Crippen LogP contribution in [-0.2, 0) is 29.9 Å². The molecule has 4 heterocycles. The molecule has 5 rings (SSSR count). The van der Waals surface area contributed by atoms with Crippen LogP contribution in [0.3, 0.4) is 0 Å². The molecule has 0 saturated carbocycles. The third-order valence-electron chi connectivity index (χ3n) is 6.76. The van der Waals surface area contributed by atoms with E-state index in [-0.39, 0.29) is 17.0 Å². The van der Waals surface area contributed by atoms with Gasteiger partial charge in [0.15, 0.2) is 5.03 Å². The standard InChI is InChI=1S/C21H28N8O2S/c1-13-10-28(32(30,31)20-14(2)27(4)11-25-20)8-7-17(13)29-12-24-16-6-5-15-9-23-21(22-3)26-18(15)19(16)29/h9,11-13,17H,5-8,10H2,1-4H3,(H,22,23,26)/t13-,17+/m1/s1. The molecule has 0 bridgehead atoms. The van der Waals surface area contributed by atoms with Crippen LogP contribution < -0.4 is 5.32 Å². The van der Waals surface area contributed by atoms with E-state index in [1.165, 1.54) is 0 Å². The molecule has 11 heteroatoms. The van der Waals surface area contributed by atoms with Crippen LogP contribution in [0.15, 0.2) is 23.9 Å². The van der Waals surface area contributed by atoms with Gasteiger partial charge in [-0.2, -0.15) is 4.31 Å². The normalized spacial score (nSPS) is 21.2. The molecule has 1 saturated heterocycles. The molecule has 0 amide bonds. The highest BCUT2D eigenvalue weighted by atomic mass is 32.2. The average Bonchev–Trinajstić information content (AvgIpc) is 3.37. The van der Waals surface area contributed by atoms with Crippen molar-refractivity contribution in [1.82, 2.24) is 33.4 Å². The summed E-state index contributed by atoms with van der Waals surface area (Å²) in [5.41, 5.74) is 4.79. The van der Waals surface area contributed by atoms with Gasteiger partial charge in [0.05, 0.1) is 35.4 Å². The molecule has 1 aliphatic heterocycles. The number of anilines is 1. The van der Waals surface area contributed by atoms with Crippen LogP contribution in [0.4, 0.5) is 5.95 Å². The molecule has 1 aliphatic carbocycles. The minimum absolute atomic E-state index is 0.108. The van der Waals surface area contributed by atoms with Crippen LogP contribution in [0.5, 0.6) is 0 Å². The molecule has 32 heavy (non-hydrogen) atoms. The Balaban J connectivity index is 1.45. The monoisotopic (exact) mass is 456 g/mol. The molecule has 10 nitrogen and oxygen atoms in total. The van der Waals surface area contributed by atoms with Crippen LogP contribution >= 0.6 is 0 Å². The molecule has 1 N–H and O–H groups in total. The Labute approximate surface area is 187 Å². The number of hydrogen-bond donors (Lipinski definition) is 1. The number of fused-ring (bicyclic) bond motifs is 3. The zero-order valence-corrected chi connectivity index (χ0v) is 19.6. The molecule has 0 aromatic carbocycles. The molecule has 2 aliphatic rings. The summed E-state index contributed by atoms with van der Waals surface area (Å²) in [6.07, 6.45) is 7.78. The fourth-order valence-corrected chi connectivity index (χ4v) is 6.55. The van der Waals surface area contributed by atoms with Gasteiger partial charge < -0.3 is 14.5 Å². The minimum atomic E-state index is -3.62. The number of sulfonamides is 1. The molecular formula is C21H28N8O2S. The highest BCUT2D eigenvalue weighted by molar-refractivity contribution is 7.89. The molecule has 3 aromatic rings. The van der Waals surface area contributed by atoms with Crippen molar-refractivity contribution in [3.05, 3.63) is 35.8 Å². The molecule has 0 radical (unpaired) electrons. The highest BCUT2D eigenvalue weighted by Gasteiger charge is 2.38. The summed E-state index contributed by atoms with van der Waals surface area (Å²) in [6.45, 7) is 4.77. The van der Waals surface area contributed by atoms with E-state index in [1.54, 1.807) is 29.2 Å². The van der Waals surface area contributed by atoms with Crippen LogP contribution in [0.1, 0.15) is 36.3 Å². The minimum Gasteiger partial charge on any atom is -0.357 e. The summed E-state index contributed by atoms with van der Waals surface area (Å²) in [7, 11) is -0.00975. The fourth-order valence-electron chi connectivity index (χ4n) is 4.83. The maximum absolute atomic E-state index is 13.2. The van der Waals surface area contributed by atoms with Gasteiger partial charge in [0.1, 0.15) is 0 Å². The Kier molecular flexibility index (Phi) is 5.05. The quantitative estimate of drug-likeness (QED) is 0.637. The topological polar surface area (TPSA) is 111 Å². The third-order valence-corrected chi connectivity index (χ3v) is 8.67. The van der Waals surface area contributed by atoms with Crippen molar-refractivity contribution < 1.29 is 8.42 Å². The van der Waals surface area contributed by atoms with Gasteiger partial charge in [-0.15, -0.1) is 0 Å². The Hall–Kier alpha value is -2.79. The van der Waals surface area contributed by atoms with Gasteiger partial charge in [-0.1, -0.05) is 6.92 Å². The van der Waals surface area contributed by atoms with Gasteiger partial charge in [0.2, 0.25) is 5.95 Å². The Morgan fingerprint density at radius 3 is 2.66 bits per heavy atom. The molecule has 0 unspecified atom stereocenters. The molecule has 1 fully saturated rings. The van der Waals surface area contributed by atoms with E-state index < -0.39 is 10.0 Å². The van der Waals surface area contributed by atoms with E-state index in [0.29, 0.717) is 31.2 Å². The summed E-state index contributed by atoms with van der Waals surface area (Å²) < 4.78 is 32.0. The van der Waals surface area contributed by atoms with E-state index in [4.69, 9.17) is 4.98 Å². The van der Waals surface area contributed by atoms with Gasteiger partial charge in [0, 0.05) is 39.4 Å². The van der Waals surface area contributed by atoms with Gasteiger partial charge in [-0.25, -0.2) is 28.4 Å². The molecule has 2 atom stereocenters. The molecule has 3 aromatic heterocycles. The van der Waals surface area contributed by atoms with Crippen molar-refractivity contribution in [3.8, 4) is 11.4 Å². The van der Waals surface area contributed by atoms with Crippen molar-refractivity contribution in [2.45, 2.75) is 44.2 Å². The summed E-state index contributed by atoms with van der Waals surface area (Å²) in [4.78, 5) is 17.9. The average molecular weight is 457 g/mol. The number of piperidine rings is 1. The Bertz CT molecular complexity index is 1280. The lowest BCUT2D eigenvalue weighted by Crippen LogP contribution is -2.43. The number of aromatic nitrogens is 6. The number of rotatable bonds is 4. The van der Waals surface area contributed by atoms with Crippen molar-refractivity contribution in [2.75, 3.05) is 25.5 Å². The lowest BCUT2D eigenvalue weighted by atomic mass is 9.92. The lowest BCUT2D eigenvalue weighted by molar-refractivity contribution is 0.202. The van der Waals surface area contributed by atoms with Crippen molar-refractivity contribution >= 4 is 16.0 Å². The van der Waals surface area contributed by atoms with Crippen LogP contribution in [-0.4, -0.2) is 61.9 Å². The first-order valence-corrected chi connectivity index (χ1v) is 12.3. The Morgan fingerprint density at radius 2 is 1.97 bits per heavy atom. The van der Waals surface area contributed by atoms with E-state index >= 15 is 0 Å². The zero-order chi connectivity index (χ0) is 22.6. The van der Waals surface area contributed by atoms with Crippen molar-refractivity contribution in [3.63, 3.8) is 0 Å². The number of aryl methyl sites for hydroxylation is 3. The molecular weight excluding hydrogens is 428 g/mol. The fraction of sp³-hybridized carbons (Fsp3) is 0.524. The number of nitrogens with zero attached hydrogens (tertiary/aromatic N) is 7. The predicted octanol–water partition coefficient (Wildman–Crippen LogP) is 1.79. The maximum atomic E-state index is 13.2. The van der Waals surface area contributed by atoms with E-state index in [0.717, 1.165) is 35.5 Å². The maximum Gasteiger partial charge on any atom is 0.262 e. The van der Waals surface area contributed by atoms with Gasteiger partial charge in [-0.05, 0) is 37.7 Å². The largest absolute Gasteiger partial charge is 0.357 e. The number of hydrogen-bond acceptors (Lipinski definition) is 7. The molecule has 170 valence electrons. The van der Waals surface area contributed by atoms with Crippen LogP contribution in [0.2, 0.25) is 0 Å². The summed E-state index contributed by atoms with van der Waals surface area (Å²) in [5.74, 6) is 0.695. The second kappa shape index (κ2) is 7.66. The summed E-state index contributed by atoms with van der Waals surface area (Å²) in [6, 6.07) is 0.140. The third kappa shape index (κ3) is 3.22. The van der Waals surface area contributed by atoms with E-state index in [2.05, 4.69) is 31.8 Å². The molecule has 0 spiro atoms. The number of imidazole rings is 2. The summed E-state index contributed by atoms with van der Waals surface area (Å²) in [5, 5.41) is 3.17. The number of nitrogens with one attached hydrogen (secondary N) is 1. The van der Waals surface area contributed by atoms with Crippen molar-refractivity contribution in [1.29, 1.82) is 0 Å². The van der Waals surface area contributed by atoms with Gasteiger partial charge in [0.25, 0.3) is 10.0 Å². The van der Waals surface area contributed by atoms with Gasteiger partial charge >= 0.3 is 0 Å². The van der Waals surface area contributed by atoms with E-state index in [9.17, 15) is 8.42 Å². The van der Waals surface area contributed by atoms with Crippen LogP contribution in [0.25, 0.3) is 11.4 Å². The second-order valence-corrected chi connectivity index (χ2v) is 10.6. The Morgan fingerprint density at radius 1 is 1.16 bits per heavy atom. The first-order valence-electron chi connectivity index (χ1n) is 10.9. The summed E-state index contributed by atoms with van der Waals surface area (Å²) >= 11 is 0. The van der Waals surface area contributed by atoms with Gasteiger partial charge in [-0.3, -0.25) is 0 Å². The first kappa shape index (κ1) is 21.1.